The van der Waals surface area contributed by atoms with Crippen LogP contribution in [-0.2, 0) is 13.0 Å². The summed E-state index contributed by atoms with van der Waals surface area (Å²) < 4.78 is 0. The molecule has 3 aromatic rings. The van der Waals surface area contributed by atoms with E-state index in [9.17, 15) is 0 Å². The van der Waals surface area contributed by atoms with Crippen LogP contribution in [0.2, 0.25) is 0 Å². The third-order valence-electron chi connectivity index (χ3n) is 4.27. The van der Waals surface area contributed by atoms with Crippen molar-refractivity contribution < 1.29 is 0 Å². The molecule has 1 N–H and O–H groups in total. The summed E-state index contributed by atoms with van der Waals surface area (Å²) in [6.45, 7) is 3.70. The van der Waals surface area contributed by atoms with Crippen LogP contribution in [0.1, 0.15) is 16.7 Å². The van der Waals surface area contributed by atoms with Gasteiger partial charge in [-0.2, -0.15) is 10.1 Å². The quantitative estimate of drug-likeness (QED) is 0.798. The lowest BCUT2D eigenvalue weighted by atomic mass is 10.1. The highest BCUT2D eigenvalue weighted by Crippen LogP contribution is 2.32. The first-order valence-corrected chi connectivity index (χ1v) is 8.14. The Bertz CT molecular complexity index is 844. The topological polar surface area (TPSA) is 53.9 Å². The van der Waals surface area contributed by atoms with Crippen LogP contribution in [0.15, 0.2) is 54.7 Å². The molecule has 4 rings (SSSR count). The molecule has 24 heavy (non-hydrogen) atoms. The first-order valence-electron chi connectivity index (χ1n) is 8.14. The number of benzene rings is 2. The molecular formula is C19H19N5. The lowest BCUT2D eigenvalue weighted by Gasteiger charge is -2.17. The van der Waals surface area contributed by atoms with Gasteiger partial charge in [-0.1, -0.05) is 48.0 Å². The summed E-state index contributed by atoms with van der Waals surface area (Å²) in [4.78, 5) is 6.75. The van der Waals surface area contributed by atoms with Crippen LogP contribution in [0.4, 0.5) is 17.5 Å². The van der Waals surface area contributed by atoms with Crippen LogP contribution in [0, 0.1) is 6.92 Å². The number of rotatable bonds is 4. The number of nitrogens with zero attached hydrogens (tertiary/aromatic N) is 4. The van der Waals surface area contributed by atoms with Crippen molar-refractivity contribution >= 4 is 17.5 Å². The van der Waals surface area contributed by atoms with Crippen LogP contribution in [-0.4, -0.2) is 21.7 Å². The van der Waals surface area contributed by atoms with Crippen LogP contribution in [0.25, 0.3) is 0 Å². The number of aryl methyl sites for hydroxylation is 1. The van der Waals surface area contributed by atoms with Gasteiger partial charge in [-0.05, 0) is 30.5 Å². The van der Waals surface area contributed by atoms with E-state index in [-0.39, 0.29) is 0 Å². The first kappa shape index (κ1) is 14.6. The van der Waals surface area contributed by atoms with Gasteiger partial charge >= 0.3 is 0 Å². The second kappa shape index (κ2) is 6.28. The molecule has 0 radical (unpaired) electrons. The van der Waals surface area contributed by atoms with Gasteiger partial charge in [0.25, 0.3) is 5.95 Å². The summed E-state index contributed by atoms with van der Waals surface area (Å²) in [7, 11) is 0. The Balaban J connectivity index is 1.51. The zero-order valence-electron chi connectivity index (χ0n) is 13.6. The zero-order chi connectivity index (χ0) is 16.4. The minimum atomic E-state index is 0.647. The summed E-state index contributed by atoms with van der Waals surface area (Å²) in [6.07, 6.45) is 2.68. The summed E-state index contributed by atoms with van der Waals surface area (Å²) in [5.41, 5.74) is 4.99. The maximum atomic E-state index is 4.63. The van der Waals surface area contributed by atoms with Crippen LogP contribution >= 0.6 is 0 Å². The molecule has 1 aromatic heterocycles. The molecule has 0 aliphatic carbocycles. The van der Waals surface area contributed by atoms with E-state index in [4.69, 9.17) is 0 Å². The molecule has 0 saturated carbocycles. The number of hydrogen-bond acceptors (Lipinski definition) is 5. The molecule has 0 amide bonds. The maximum absolute atomic E-state index is 4.63. The van der Waals surface area contributed by atoms with Gasteiger partial charge in [0, 0.05) is 18.8 Å². The van der Waals surface area contributed by atoms with Gasteiger partial charge in [0.05, 0.1) is 6.20 Å². The fourth-order valence-corrected chi connectivity index (χ4v) is 2.94. The molecule has 0 unspecified atom stereocenters. The van der Waals surface area contributed by atoms with Gasteiger partial charge in [0.1, 0.15) is 0 Å². The third kappa shape index (κ3) is 2.93. The fourth-order valence-electron chi connectivity index (χ4n) is 2.94. The van der Waals surface area contributed by atoms with E-state index in [1.807, 2.05) is 6.07 Å². The maximum Gasteiger partial charge on any atom is 0.251 e. The Morgan fingerprint density at radius 1 is 1.08 bits per heavy atom. The minimum absolute atomic E-state index is 0.647. The number of fused-ring (bicyclic) bond motifs is 1. The predicted molar refractivity (Wildman–Crippen MR) is 95.5 cm³/mol. The Kier molecular flexibility index (Phi) is 3.83. The third-order valence-corrected chi connectivity index (χ3v) is 4.27. The molecule has 120 valence electrons. The number of para-hydroxylation sites is 1. The summed E-state index contributed by atoms with van der Waals surface area (Å²) in [5, 5.41) is 11.7. The monoisotopic (exact) mass is 317 g/mol. The number of nitrogens with one attached hydrogen (secondary N) is 1. The summed E-state index contributed by atoms with van der Waals surface area (Å²) in [5.74, 6) is 1.39. The fraction of sp³-hybridized carbons (Fsp3) is 0.211. The molecule has 1 aliphatic heterocycles. The van der Waals surface area contributed by atoms with E-state index < -0.39 is 0 Å². The molecule has 0 bridgehead atoms. The van der Waals surface area contributed by atoms with Gasteiger partial charge in [-0.15, -0.1) is 5.10 Å². The van der Waals surface area contributed by atoms with Gasteiger partial charge in [-0.25, -0.2) is 0 Å². The lowest BCUT2D eigenvalue weighted by Crippen LogP contribution is -2.17. The summed E-state index contributed by atoms with van der Waals surface area (Å²) >= 11 is 0. The number of aromatic nitrogens is 3. The standard InChI is InChI=1S/C19H19N5/c1-14-6-8-15(9-7-14)12-20-18-13-21-23-19(22-18)24-11-10-16-4-2-3-5-17(16)24/h2-9,13H,10-12H2,1H3,(H,20,22,23). The molecule has 5 nitrogen and oxygen atoms in total. The highest BCUT2D eigenvalue weighted by molar-refractivity contribution is 5.65. The Morgan fingerprint density at radius 3 is 2.79 bits per heavy atom. The first-order chi connectivity index (χ1) is 11.8. The van der Waals surface area contributed by atoms with Crippen LogP contribution < -0.4 is 10.2 Å². The van der Waals surface area contributed by atoms with Crippen LogP contribution in [0.3, 0.4) is 0 Å². The van der Waals surface area contributed by atoms with E-state index in [1.54, 1.807) is 6.20 Å². The molecule has 0 atom stereocenters. The van der Waals surface area contributed by atoms with E-state index in [1.165, 1.54) is 22.4 Å². The normalized spacial score (nSPS) is 13.0. The molecular weight excluding hydrogens is 298 g/mol. The van der Waals surface area contributed by atoms with Crippen molar-refractivity contribution in [3.8, 4) is 0 Å². The van der Waals surface area contributed by atoms with Crippen LogP contribution in [0.5, 0.6) is 0 Å². The largest absolute Gasteiger partial charge is 0.365 e. The SMILES string of the molecule is Cc1ccc(CNc2cnnc(N3CCc4ccccc43)n2)cc1. The van der Waals surface area contributed by atoms with Crippen molar-refractivity contribution in [1.82, 2.24) is 15.2 Å². The van der Waals surface area contributed by atoms with Gasteiger partial charge < -0.3 is 10.2 Å². The van der Waals surface area contributed by atoms with Crippen molar-refractivity contribution in [2.24, 2.45) is 0 Å². The Morgan fingerprint density at radius 2 is 1.92 bits per heavy atom. The second-order valence-electron chi connectivity index (χ2n) is 6.01. The average Bonchev–Trinajstić information content (AvgIpc) is 3.06. The average molecular weight is 317 g/mol. The van der Waals surface area contributed by atoms with Crippen molar-refractivity contribution in [3.63, 3.8) is 0 Å². The lowest BCUT2D eigenvalue weighted by molar-refractivity contribution is 0.881. The van der Waals surface area contributed by atoms with Gasteiger partial charge in [0.2, 0.25) is 0 Å². The summed E-state index contributed by atoms with van der Waals surface area (Å²) in [6, 6.07) is 16.8. The van der Waals surface area contributed by atoms with E-state index in [0.29, 0.717) is 5.95 Å². The minimum Gasteiger partial charge on any atom is -0.365 e. The van der Waals surface area contributed by atoms with E-state index >= 15 is 0 Å². The van der Waals surface area contributed by atoms with Crippen molar-refractivity contribution in [2.75, 3.05) is 16.8 Å². The van der Waals surface area contributed by atoms with Crippen molar-refractivity contribution in [3.05, 3.63) is 71.4 Å². The number of hydrogen-bond donors (Lipinski definition) is 1. The van der Waals surface area contributed by atoms with E-state index in [0.717, 1.165) is 25.3 Å². The molecule has 0 spiro atoms. The molecule has 2 aromatic carbocycles. The molecule has 1 aliphatic rings. The predicted octanol–water partition coefficient (Wildman–Crippen LogP) is 3.49. The Labute approximate surface area is 141 Å². The molecule has 2 heterocycles. The molecule has 0 saturated heterocycles. The second-order valence-corrected chi connectivity index (χ2v) is 6.01. The highest BCUT2D eigenvalue weighted by Gasteiger charge is 2.22. The van der Waals surface area contributed by atoms with E-state index in [2.05, 4.69) is 74.8 Å². The Hall–Kier alpha value is -2.95. The van der Waals surface area contributed by atoms with Crippen molar-refractivity contribution in [1.29, 1.82) is 0 Å². The van der Waals surface area contributed by atoms with Gasteiger partial charge in [0.15, 0.2) is 5.82 Å². The van der Waals surface area contributed by atoms with Gasteiger partial charge in [-0.3, -0.25) is 0 Å². The molecule has 5 heteroatoms. The zero-order valence-corrected chi connectivity index (χ0v) is 13.6. The number of anilines is 3. The smallest absolute Gasteiger partial charge is 0.251 e. The molecule has 0 fully saturated rings. The highest BCUT2D eigenvalue weighted by atomic mass is 15.3. The van der Waals surface area contributed by atoms with Crippen molar-refractivity contribution in [2.45, 2.75) is 19.9 Å².